The highest BCUT2D eigenvalue weighted by Crippen LogP contribution is 2.42. The zero-order valence-corrected chi connectivity index (χ0v) is 16.3. The molecule has 1 aromatic heterocycles. The van der Waals surface area contributed by atoms with E-state index in [0.29, 0.717) is 18.8 Å². The number of likely N-dealkylation sites (N-methyl/N-ethyl adjacent to an activating group) is 1. The second-order valence-corrected chi connectivity index (χ2v) is 8.13. The summed E-state index contributed by atoms with van der Waals surface area (Å²) < 4.78 is 6.47. The number of nitrogens with zero attached hydrogens (tertiary/aromatic N) is 3. The summed E-state index contributed by atoms with van der Waals surface area (Å²) in [5.41, 5.74) is -0.0241. The van der Waals surface area contributed by atoms with Crippen LogP contribution >= 0.6 is 15.9 Å². The Morgan fingerprint density at radius 2 is 1.88 bits per heavy atom. The predicted octanol–water partition coefficient (Wildman–Crippen LogP) is 3.33. The van der Waals surface area contributed by atoms with Gasteiger partial charge >= 0.3 is 5.97 Å². The third kappa shape index (κ3) is 3.60. The highest BCUT2D eigenvalue weighted by Gasteiger charge is 2.55. The number of hydrogen-bond donors (Lipinski definition) is 0. The largest absolute Gasteiger partial charge is 0.460 e. The molecule has 132 valence electrons. The van der Waals surface area contributed by atoms with Crippen LogP contribution in [0.25, 0.3) is 0 Å². The van der Waals surface area contributed by atoms with Gasteiger partial charge in [-0.2, -0.15) is 0 Å². The van der Waals surface area contributed by atoms with Gasteiger partial charge in [-0.25, -0.2) is 9.97 Å². The lowest BCUT2D eigenvalue weighted by molar-refractivity contribution is -0.152. The van der Waals surface area contributed by atoms with Gasteiger partial charge in [0.15, 0.2) is 0 Å². The van der Waals surface area contributed by atoms with E-state index in [1.807, 2.05) is 37.4 Å². The molecule has 2 heterocycles. The minimum atomic E-state index is -0.853. The highest BCUT2D eigenvalue weighted by atomic mass is 79.9. The van der Waals surface area contributed by atoms with Crippen LogP contribution < -0.4 is 0 Å². The maximum atomic E-state index is 13.1. The van der Waals surface area contributed by atoms with E-state index >= 15 is 0 Å². The van der Waals surface area contributed by atoms with Gasteiger partial charge in [-0.3, -0.25) is 9.69 Å². The molecule has 1 aromatic carbocycles. The lowest BCUT2D eigenvalue weighted by Gasteiger charge is -2.27. The molecule has 1 aliphatic heterocycles. The lowest BCUT2D eigenvalue weighted by atomic mass is 9.81. The fourth-order valence-electron chi connectivity index (χ4n) is 3.35. The molecule has 1 atom stereocenters. The van der Waals surface area contributed by atoms with E-state index in [9.17, 15) is 4.79 Å². The fourth-order valence-corrected chi connectivity index (χ4v) is 3.55. The highest BCUT2D eigenvalue weighted by molar-refractivity contribution is 9.10. The monoisotopic (exact) mass is 403 g/mol. The standard InChI is InChI=1S/C19H22BrN3O2/c1-18(2)12-19(13-23(18)3,16-21-9-15(20)10-22-16)17(24)25-11-14-7-5-4-6-8-14/h4-10H,11-13H2,1-3H3. The minimum absolute atomic E-state index is 0.137. The van der Waals surface area contributed by atoms with Crippen molar-refractivity contribution in [1.29, 1.82) is 0 Å². The normalized spacial score (nSPS) is 22.7. The maximum absolute atomic E-state index is 13.1. The SMILES string of the molecule is CN1CC(C(=O)OCc2ccccc2)(c2ncc(Br)cn2)CC1(C)C. The first kappa shape index (κ1) is 18.0. The van der Waals surface area contributed by atoms with Crippen LogP contribution in [0, 0.1) is 0 Å². The summed E-state index contributed by atoms with van der Waals surface area (Å²) in [6, 6.07) is 9.70. The maximum Gasteiger partial charge on any atom is 0.321 e. The van der Waals surface area contributed by atoms with Crippen molar-refractivity contribution in [2.75, 3.05) is 13.6 Å². The number of aromatic nitrogens is 2. The van der Waals surface area contributed by atoms with E-state index in [-0.39, 0.29) is 18.1 Å². The van der Waals surface area contributed by atoms with Crippen molar-refractivity contribution in [2.45, 2.75) is 37.8 Å². The van der Waals surface area contributed by atoms with Gasteiger partial charge < -0.3 is 4.74 Å². The molecule has 0 bridgehead atoms. The molecule has 1 aliphatic rings. The molecule has 3 rings (SSSR count). The molecule has 25 heavy (non-hydrogen) atoms. The molecular weight excluding hydrogens is 382 g/mol. The van der Waals surface area contributed by atoms with Crippen molar-refractivity contribution in [3.63, 3.8) is 0 Å². The van der Waals surface area contributed by atoms with E-state index in [2.05, 4.69) is 44.6 Å². The number of hydrogen-bond acceptors (Lipinski definition) is 5. The number of carbonyl (C=O) groups excluding carboxylic acids is 1. The zero-order valence-electron chi connectivity index (χ0n) is 14.7. The summed E-state index contributed by atoms with van der Waals surface area (Å²) in [6.07, 6.45) is 3.98. The summed E-state index contributed by atoms with van der Waals surface area (Å²) in [6.45, 7) is 5.04. The van der Waals surface area contributed by atoms with Gasteiger partial charge in [0, 0.05) is 24.5 Å². The number of esters is 1. The van der Waals surface area contributed by atoms with Crippen LogP contribution in [0.2, 0.25) is 0 Å². The van der Waals surface area contributed by atoms with Gasteiger partial charge in [0.05, 0.1) is 4.47 Å². The number of carbonyl (C=O) groups is 1. The number of rotatable bonds is 4. The molecule has 2 aromatic rings. The first-order chi connectivity index (χ1) is 11.8. The first-order valence-electron chi connectivity index (χ1n) is 8.24. The van der Waals surface area contributed by atoms with Gasteiger partial charge in [-0.1, -0.05) is 30.3 Å². The Labute approximate surface area is 156 Å². The van der Waals surface area contributed by atoms with E-state index in [1.54, 1.807) is 12.4 Å². The molecule has 0 radical (unpaired) electrons. The summed E-state index contributed by atoms with van der Waals surface area (Å²) in [5, 5.41) is 0. The van der Waals surface area contributed by atoms with Crippen LogP contribution in [0.3, 0.4) is 0 Å². The van der Waals surface area contributed by atoms with Gasteiger partial charge in [-0.05, 0) is 48.8 Å². The number of halogens is 1. The smallest absolute Gasteiger partial charge is 0.321 e. The molecule has 0 N–H and O–H groups in total. The topological polar surface area (TPSA) is 55.3 Å². The summed E-state index contributed by atoms with van der Waals surface area (Å²) in [5.74, 6) is 0.252. The van der Waals surface area contributed by atoms with Gasteiger partial charge in [0.1, 0.15) is 17.8 Å². The Kier molecular flexibility index (Phi) is 4.93. The molecule has 0 aliphatic carbocycles. The van der Waals surface area contributed by atoms with Gasteiger partial charge in [0.25, 0.3) is 0 Å². The summed E-state index contributed by atoms with van der Waals surface area (Å²) in [4.78, 5) is 24.1. The molecule has 6 heteroatoms. The molecule has 0 spiro atoms. The van der Waals surface area contributed by atoms with Crippen molar-refractivity contribution in [2.24, 2.45) is 0 Å². The van der Waals surface area contributed by atoms with Crippen LogP contribution in [-0.4, -0.2) is 40.0 Å². The average molecular weight is 404 g/mol. The van der Waals surface area contributed by atoms with Crippen LogP contribution in [0.15, 0.2) is 47.2 Å². The Bertz CT molecular complexity index is 749. The second-order valence-electron chi connectivity index (χ2n) is 7.21. The van der Waals surface area contributed by atoms with Crippen LogP contribution in [-0.2, 0) is 21.6 Å². The fraction of sp³-hybridized carbons (Fsp3) is 0.421. The average Bonchev–Trinajstić information content (AvgIpc) is 2.85. The van der Waals surface area contributed by atoms with E-state index < -0.39 is 5.41 Å². The molecule has 5 nitrogen and oxygen atoms in total. The van der Waals surface area contributed by atoms with Crippen molar-refractivity contribution < 1.29 is 9.53 Å². The Morgan fingerprint density at radius 1 is 1.24 bits per heavy atom. The van der Waals surface area contributed by atoms with Crippen molar-refractivity contribution in [3.8, 4) is 0 Å². The zero-order chi connectivity index (χ0) is 18.1. The van der Waals surface area contributed by atoms with E-state index in [0.717, 1.165) is 10.0 Å². The van der Waals surface area contributed by atoms with Crippen LogP contribution in [0.1, 0.15) is 31.7 Å². The van der Waals surface area contributed by atoms with Crippen molar-refractivity contribution in [3.05, 3.63) is 58.6 Å². The van der Waals surface area contributed by atoms with Crippen LogP contribution in [0.5, 0.6) is 0 Å². The molecule has 0 amide bonds. The predicted molar refractivity (Wildman–Crippen MR) is 99.0 cm³/mol. The molecule has 1 saturated heterocycles. The van der Waals surface area contributed by atoms with Gasteiger partial charge in [0.2, 0.25) is 0 Å². The number of ether oxygens (including phenoxy) is 1. The summed E-state index contributed by atoms with van der Waals surface area (Å²) >= 11 is 3.35. The number of likely N-dealkylation sites (tertiary alicyclic amines) is 1. The third-order valence-electron chi connectivity index (χ3n) is 4.93. The van der Waals surface area contributed by atoms with Crippen molar-refractivity contribution >= 4 is 21.9 Å². The lowest BCUT2D eigenvalue weighted by Crippen LogP contribution is -2.41. The van der Waals surface area contributed by atoms with E-state index in [1.165, 1.54) is 0 Å². The van der Waals surface area contributed by atoms with Crippen LogP contribution in [0.4, 0.5) is 0 Å². The third-order valence-corrected chi connectivity index (χ3v) is 5.34. The Morgan fingerprint density at radius 3 is 2.44 bits per heavy atom. The first-order valence-corrected chi connectivity index (χ1v) is 9.03. The van der Waals surface area contributed by atoms with E-state index in [4.69, 9.17) is 4.74 Å². The van der Waals surface area contributed by atoms with Gasteiger partial charge in [-0.15, -0.1) is 0 Å². The molecule has 1 fully saturated rings. The Balaban J connectivity index is 1.89. The molecule has 1 unspecified atom stereocenters. The number of benzene rings is 1. The summed E-state index contributed by atoms with van der Waals surface area (Å²) in [7, 11) is 2.02. The minimum Gasteiger partial charge on any atom is -0.460 e. The second kappa shape index (κ2) is 6.84. The molecular formula is C19H22BrN3O2. The van der Waals surface area contributed by atoms with Crippen molar-refractivity contribution in [1.82, 2.24) is 14.9 Å². The Hall–Kier alpha value is -1.79. The quantitative estimate of drug-likeness (QED) is 0.732. The molecule has 0 saturated carbocycles.